The average molecular weight is 302 g/mol. The van der Waals surface area contributed by atoms with Crippen LogP contribution in [0.15, 0.2) is 36.4 Å². The molecular formula is C15H14N2O3S. The van der Waals surface area contributed by atoms with E-state index in [0.717, 1.165) is 28.2 Å². The van der Waals surface area contributed by atoms with Crippen molar-refractivity contribution in [3.8, 4) is 0 Å². The lowest BCUT2D eigenvalue weighted by atomic mass is 10.1. The Labute approximate surface area is 126 Å². The molecule has 0 unspecified atom stereocenters. The van der Waals surface area contributed by atoms with Gasteiger partial charge in [0.15, 0.2) is 0 Å². The fourth-order valence-electron chi connectivity index (χ4n) is 1.86. The van der Waals surface area contributed by atoms with Gasteiger partial charge in [-0.15, -0.1) is 0 Å². The minimum atomic E-state index is -0.446. The zero-order valence-corrected chi connectivity index (χ0v) is 12.4. The van der Waals surface area contributed by atoms with Crippen molar-refractivity contribution in [2.45, 2.75) is 13.8 Å². The highest BCUT2D eigenvalue weighted by atomic mass is 32.1. The van der Waals surface area contributed by atoms with Crippen molar-refractivity contribution in [3.05, 3.63) is 62.5 Å². The highest BCUT2D eigenvalue weighted by molar-refractivity contribution is 7.16. The number of anilines is 1. The molecule has 6 heteroatoms. The van der Waals surface area contributed by atoms with Crippen molar-refractivity contribution in [1.29, 1.82) is 0 Å². The van der Waals surface area contributed by atoms with Crippen LogP contribution in [-0.2, 0) is 4.79 Å². The van der Waals surface area contributed by atoms with Gasteiger partial charge in [-0.05, 0) is 37.1 Å². The Morgan fingerprint density at radius 3 is 2.48 bits per heavy atom. The fourth-order valence-corrected chi connectivity index (χ4v) is 2.59. The van der Waals surface area contributed by atoms with Gasteiger partial charge in [0.1, 0.15) is 0 Å². The van der Waals surface area contributed by atoms with Gasteiger partial charge in [-0.25, -0.2) is 0 Å². The van der Waals surface area contributed by atoms with Crippen LogP contribution in [0.4, 0.5) is 10.7 Å². The lowest BCUT2D eigenvalue weighted by Crippen LogP contribution is -2.10. The zero-order chi connectivity index (χ0) is 15.4. The summed E-state index contributed by atoms with van der Waals surface area (Å²) in [7, 11) is 0. The van der Waals surface area contributed by atoms with E-state index in [2.05, 4.69) is 5.32 Å². The second-order valence-corrected chi connectivity index (χ2v) is 5.62. The van der Waals surface area contributed by atoms with Crippen LogP contribution in [-0.4, -0.2) is 10.8 Å². The van der Waals surface area contributed by atoms with Gasteiger partial charge in [0.25, 0.3) is 0 Å². The Balaban J connectivity index is 2.07. The highest BCUT2D eigenvalue weighted by Gasteiger charge is 2.08. The van der Waals surface area contributed by atoms with Crippen LogP contribution < -0.4 is 5.32 Å². The first-order chi connectivity index (χ1) is 9.97. The Kier molecular flexibility index (Phi) is 4.49. The number of nitrogens with one attached hydrogen (secondary N) is 1. The molecule has 0 bridgehead atoms. The molecular weight excluding hydrogens is 288 g/mol. The van der Waals surface area contributed by atoms with Crippen molar-refractivity contribution in [1.82, 2.24) is 0 Å². The molecule has 0 aliphatic rings. The number of thiophene rings is 1. The summed E-state index contributed by atoms with van der Waals surface area (Å²) < 4.78 is 0. The molecule has 2 rings (SSSR count). The lowest BCUT2D eigenvalue weighted by Gasteiger charge is -2.09. The first-order valence-electron chi connectivity index (χ1n) is 6.27. The zero-order valence-electron chi connectivity index (χ0n) is 11.6. The minimum Gasteiger partial charge on any atom is -0.322 e. The number of aryl methyl sites for hydroxylation is 2. The maximum absolute atomic E-state index is 11.9. The third-order valence-electron chi connectivity index (χ3n) is 2.92. The van der Waals surface area contributed by atoms with E-state index in [-0.39, 0.29) is 10.9 Å². The van der Waals surface area contributed by atoms with Crippen molar-refractivity contribution in [2.75, 3.05) is 5.32 Å². The summed E-state index contributed by atoms with van der Waals surface area (Å²) in [5.41, 5.74) is 2.77. The number of nitro groups is 1. The van der Waals surface area contributed by atoms with Crippen LogP contribution in [0.1, 0.15) is 16.0 Å². The van der Waals surface area contributed by atoms with Crippen LogP contribution in [0.5, 0.6) is 0 Å². The van der Waals surface area contributed by atoms with Crippen LogP contribution in [0.2, 0.25) is 0 Å². The number of carbonyl (C=O) groups excluding carboxylic acids is 1. The van der Waals surface area contributed by atoms with E-state index < -0.39 is 4.92 Å². The molecule has 5 nitrogen and oxygen atoms in total. The van der Waals surface area contributed by atoms with Crippen molar-refractivity contribution in [2.24, 2.45) is 0 Å². The molecule has 0 spiro atoms. The summed E-state index contributed by atoms with van der Waals surface area (Å²) in [6.07, 6.45) is 2.95. The number of hydrogen-bond donors (Lipinski definition) is 1. The first kappa shape index (κ1) is 14.9. The second-order valence-electron chi connectivity index (χ2n) is 4.52. The number of para-hydroxylation sites is 1. The van der Waals surface area contributed by atoms with Crippen molar-refractivity contribution < 1.29 is 9.72 Å². The molecule has 1 aromatic carbocycles. The lowest BCUT2D eigenvalue weighted by molar-refractivity contribution is -0.380. The summed E-state index contributed by atoms with van der Waals surface area (Å²) in [5.74, 6) is -0.261. The maximum Gasteiger partial charge on any atom is 0.324 e. The van der Waals surface area contributed by atoms with E-state index in [1.165, 1.54) is 12.1 Å². The standard InChI is InChI=1S/C15H14N2O3S/c1-10-4-3-5-11(2)15(10)16-13(18)8-6-12-7-9-14(21-12)17(19)20/h3-9H,1-2H3,(H,16,18)/b8-6+. The van der Waals surface area contributed by atoms with E-state index in [1.54, 1.807) is 12.1 Å². The molecule has 1 N–H and O–H groups in total. The molecule has 1 amide bonds. The predicted molar refractivity (Wildman–Crippen MR) is 84.6 cm³/mol. The molecule has 1 aromatic heterocycles. The number of nitrogens with zero attached hydrogens (tertiary/aromatic N) is 1. The van der Waals surface area contributed by atoms with Gasteiger partial charge in [0.2, 0.25) is 5.91 Å². The second kappa shape index (κ2) is 6.32. The number of benzene rings is 1. The average Bonchev–Trinajstić information content (AvgIpc) is 2.90. The van der Waals surface area contributed by atoms with E-state index in [1.807, 2.05) is 32.0 Å². The molecule has 21 heavy (non-hydrogen) atoms. The van der Waals surface area contributed by atoms with E-state index >= 15 is 0 Å². The topological polar surface area (TPSA) is 72.2 Å². The van der Waals surface area contributed by atoms with Crippen molar-refractivity contribution in [3.63, 3.8) is 0 Å². The molecule has 0 fully saturated rings. The van der Waals surface area contributed by atoms with Crippen molar-refractivity contribution >= 4 is 34.0 Å². The smallest absolute Gasteiger partial charge is 0.322 e. The molecule has 0 saturated heterocycles. The van der Waals surface area contributed by atoms with E-state index in [4.69, 9.17) is 0 Å². The summed E-state index contributed by atoms with van der Waals surface area (Å²) in [6, 6.07) is 8.82. The normalized spacial score (nSPS) is 10.8. The third kappa shape index (κ3) is 3.76. The van der Waals surface area contributed by atoms with Gasteiger partial charge < -0.3 is 5.32 Å². The van der Waals surface area contributed by atoms with Crippen LogP contribution in [0, 0.1) is 24.0 Å². The van der Waals surface area contributed by atoms with Gasteiger partial charge in [0.05, 0.1) is 4.92 Å². The molecule has 0 radical (unpaired) electrons. The maximum atomic E-state index is 11.9. The Bertz CT molecular complexity index is 699. The summed E-state index contributed by atoms with van der Waals surface area (Å²) in [4.78, 5) is 22.7. The van der Waals surface area contributed by atoms with Crippen LogP contribution in [0.3, 0.4) is 0 Å². The highest BCUT2D eigenvalue weighted by Crippen LogP contribution is 2.25. The molecule has 0 saturated carbocycles. The Morgan fingerprint density at radius 2 is 1.90 bits per heavy atom. The quantitative estimate of drug-likeness (QED) is 0.528. The summed E-state index contributed by atoms with van der Waals surface area (Å²) in [5, 5.41) is 13.5. The molecule has 1 heterocycles. The SMILES string of the molecule is Cc1cccc(C)c1NC(=O)/C=C/c1ccc([N+](=O)[O-])s1. The molecule has 2 aromatic rings. The molecule has 0 aliphatic heterocycles. The van der Waals surface area contributed by atoms with E-state index in [0.29, 0.717) is 4.88 Å². The summed E-state index contributed by atoms with van der Waals surface area (Å²) >= 11 is 1.03. The Hall–Kier alpha value is -2.47. The van der Waals surface area contributed by atoms with Gasteiger partial charge in [-0.1, -0.05) is 29.5 Å². The monoisotopic (exact) mass is 302 g/mol. The summed E-state index contributed by atoms with van der Waals surface area (Å²) in [6.45, 7) is 3.85. The van der Waals surface area contributed by atoms with E-state index in [9.17, 15) is 14.9 Å². The largest absolute Gasteiger partial charge is 0.324 e. The first-order valence-corrected chi connectivity index (χ1v) is 7.08. The number of carbonyl (C=O) groups is 1. The third-order valence-corrected chi connectivity index (χ3v) is 3.92. The molecule has 108 valence electrons. The predicted octanol–water partition coefficient (Wildman–Crippen LogP) is 3.93. The van der Waals surface area contributed by atoms with Gasteiger partial charge >= 0.3 is 5.00 Å². The number of amides is 1. The molecule has 0 aliphatic carbocycles. The minimum absolute atomic E-state index is 0.0600. The fraction of sp³-hybridized carbons (Fsp3) is 0.133. The number of hydrogen-bond acceptors (Lipinski definition) is 4. The number of rotatable bonds is 4. The van der Waals surface area contributed by atoms with Gasteiger partial charge in [-0.2, -0.15) is 0 Å². The van der Waals surface area contributed by atoms with Gasteiger partial charge in [0, 0.05) is 22.7 Å². The molecule has 0 atom stereocenters. The Morgan fingerprint density at radius 1 is 1.24 bits per heavy atom. The van der Waals surface area contributed by atoms with Gasteiger partial charge in [-0.3, -0.25) is 14.9 Å². The van der Waals surface area contributed by atoms with Crippen LogP contribution in [0.25, 0.3) is 6.08 Å². The van der Waals surface area contributed by atoms with Crippen LogP contribution >= 0.6 is 11.3 Å².